The molecule has 0 atom stereocenters. The minimum absolute atomic E-state index is 0.0829. The van der Waals surface area contributed by atoms with Crippen LogP contribution in [0.2, 0.25) is 10.0 Å². The van der Waals surface area contributed by atoms with Gasteiger partial charge in [0.15, 0.2) is 11.5 Å². The van der Waals surface area contributed by atoms with Gasteiger partial charge in [-0.25, -0.2) is 19.5 Å². The number of aromatic nitrogens is 4. The molecule has 0 fully saturated rings. The highest BCUT2D eigenvalue weighted by Gasteiger charge is 2.01. The molecule has 0 saturated carbocycles. The number of aliphatic hydroxyl groups is 1. The molecule has 10 heteroatoms. The van der Waals surface area contributed by atoms with Crippen molar-refractivity contribution < 1.29 is 5.11 Å². The lowest BCUT2D eigenvalue weighted by atomic mass is 10.5. The molecule has 3 rings (SSSR count). The molecule has 0 amide bonds. The van der Waals surface area contributed by atoms with Crippen molar-refractivity contribution in [3.8, 4) is 0 Å². The Bertz CT molecular complexity index is 840. The maximum Gasteiger partial charge on any atom is 0.168 e. The fourth-order valence-corrected chi connectivity index (χ4v) is 3.55. The smallest absolute Gasteiger partial charge is 0.168 e. The molecular formula is C13H9Cl2I2N5O. The van der Waals surface area contributed by atoms with E-state index in [1.807, 2.05) is 6.07 Å². The van der Waals surface area contributed by atoms with Gasteiger partial charge in [-0.1, -0.05) is 23.2 Å². The van der Waals surface area contributed by atoms with Crippen LogP contribution in [0.25, 0.3) is 5.65 Å². The van der Waals surface area contributed by atoms with E-state index in [4.69, 9.17) is 28.3 Å². The van der Waals surface area contributed by atoms with Gasteiger partial charge in [-0.3, -0.25) is 0 Å². The molecule has 0 saturated heterocycles. The van der Waals surface area contributed by atoms with Crippen LogP contribution in [-0.2, 0) is 0 Å². The first-order chi connectivity index (χ1) is 11.0. The van der Waals surface area contributed by atoms with Crippen molar-refractivity contribution in [3.63, 3.8) is 0 Å². The Balaban J connectivity index is 0.000000167. The van der Waals surface area contributed by atoms with E-state index < -0.39 is 0 Å². The second-order valence-electron chi connectivity index (χ2n) is 3.99. The molecule has 0 radical (unpaired) electrons. The zero-order chi connectivity index (χ0) is 16.8. The molecular weight excluding hydrogens is 567 g/mol. The third-order valence-electron chi connectivity index (χ3n) is 2.38. The minimum Gasteiger partial charge on any atom is -0.391 e. The summed E-state index contributed by atoms with van der Waals surface area (Å²) < 4.78 is 3.53. The van der Waals surface area contributed by atoms with E-state index in [0.29, 0.717) is 15.9 Å². The number of rotatable bonds is 2. The van der Waals surface area contributed by atoms with Crippen molar-refractivity contribution in [1.29, 1.82) is 0 Å². The minimum atomic E-state index is -0.0829. The van der Waals surface area contributed by atoms with Gasteiger partial charge in [0.25, 0.3) is 0 Å². The number of hydrogen-bond acceptors (Lipinski definition) is 5. The van der Waals surface area contributed by atoms with Crippen LogP contribution in [0.3, 0.4) is 0 Å². The zero-order valence-corrected chi connectivity index (χ0v) is 17.2. The van der Waals surface area contributed by atoms with E-state index in [2.05, 4.69) is 65.2 Å². The van der Waals surface area contributed by atoms with Crippen LogP contribution in [0.4, 0.5) is 5.82 Å². The number of pyridine rings is 2. The number of aliphatic imine (C=N–C) groups is 1. The lowest BCUT2D eigenvalue weighted by molar-refractivity contribution is 0.361. The Morgan fingerprint density at radius 2 is 1.91 bits per heavy atom. The molecule has 0 aliphatic heterocycles. The molecule has 0 spiro atoms. The van der Waals surface area contributed by atoms with E-state index in [9.17, 15) is 0 Å². The van der Waals surface area contributed by atoms with E-state index in [-0.39, 0.29) is 6.61 Å². The predicted octanol–water partition coefficient (Wildman–Crippen LogP) is 4.02. The van der Waals surface area contributed by atoms with Gasteiger partial charge in [-0.15, -0.1) is 0 Å². The average molecular weight is 576 g/mol. The van der Waals surface area contributed by atoms with E-state index in [1.54, 1.807) is 16.8 Å². The summed E-state index contributed by atoms with van der Waals surface area (Å²) in [5, 5.41) is 13.7. The number of fused-ring (bicyclic) bond motifs is 1. The quantitative estimate of drug-likeness (QED) is 0.370. The van der Waals surface area contributed by atoms with Crippen molar-refractivity contribution in [2.24, 2.45) is 4.99 Å². The van der Waals surface area contributed by atoms with Crippen LogP contribution in [0, 0.1) is 7.14 Å². The highest BCUT2D eigenvalue weighted by Crippen LogP contribution is 2.21. The Morgan fingerprint density at radius 1 is 1.17 bits per heavy atom. The van der Waals surface area contributed by atoms with Crippen molar-refractivity contribution >= 4 is 86.1 Å². The van der Waals surface area contributed by atoms with Crippen molar-refractivity contribution in [2.45, 2.75) is 0 Å². The summed E-state index contributed by atoms with van der Waals surface area (Å²) >= 11 is 15.7. The summed E-state index contributed by atoms with van der Waals surface area (Å²) in [5.41, 5.74) is 0.843. The van der Waals surface area contributed by atoms with E-state index >= 15 is 0 Å². The molecule has 0 aliphatic rings. The van der Waals surface area contributed by atoms with Gasteiger partial charge in [0.1, 0.15) is 6.33 Å². The summed E-state index contributed by atoms with van der Waals surface area (Å²) in [6.07, 6.45) is 6.14. The first-order valence-corrected chi connectivity index (χ1v) is 9.01. The number of nitrogens with zero attached hydrogens (tertiary/aromatic N) is 5. The highest BCUT2D eigenvalue weighted by molar-refractivity contribution is 14.1. The average Bonchev–Trinajstić information content (AvgIpc) is 2.96. The summed E-state index contributed by atoms with van der Waals surface area (Å²) in [6.45, 7) is -0.0829. The SMILES string of the molecule is Clc1cc(I)c2ncnn2c1.OCC=Nc1ncc(Cl)cc1I. The van der Waals surface area contributed by atoms with E-state index in [0.717, 1.165) is 12.8 Å². The van der Waals surface area contributed by atoms with E-state index in [1.165, 1.54) is 18.7 Å². The molecule has 23 heavy (non-hydrogen) atoms. The molecule has 0 aromatic carbocycles. The molecule has 0 unspecified atom stereocenters. The summed E-state index contributed by atoms with van der Waals surface area (Å²) in [7, 11) is 0. The first-order valence-electron chi connectivity index (χ1n) is 6.10. The fourth-order valence-electron chi connectivity index (χ4n) is 1.48. The third-order valence-corrected chi connectivity index (χ3v) is 4.38. The van der Waals surface area contributed by atoms with Gasteiger partial charge in [0, 0.05) is 18.6 Å². The van der Waals surface area contributed by atoms with Crippen LogP contribution >= 0.6 is 68.4 Å². The first kappa shape index (κ1) is 18.8. The highest BCUT2D eigenvalue weighted by atomic mass is 127. The Kier molecular flexibility index (Phi) is 7.40. The lowest BCUT2D eigenvalue weighted by Gasteiger charge is -1.96. The number of hydrogen-bond donors (Lipinski definition) is 1. The van der Waals surface area contributed by atoms with Gasteiger partial charge in [0.2, 0.25) is 0 Å². The maximum absolute atomic E-state index is 8.47. The summed E-state index contributed by atoms with van der Waals surface area (Å²) in [5.74, 6) is 0.578. The zero-order valence-electron chi connectivity index (χ0n) is 11.4. The Hall–Kier alpha value is -0.560. The molecule has 0 bridgehead atoms. The van der Waals surface area contributed by atoms with Gasteiger partial charge >= 0.3 is 0 Å². The second kappa shape index (κ2) is 9.06. The third kappa shape index (κ3) is 5.48. The topological polar surface area (TPSA) is 75.7 Å². The largest absolute Gasteiger partial charge is 0.391 e. The number of aliphatic hydroxyl groups excluding tert-OH is 1. The molecule has 0 aliphatic carbocycles. The molecule has 1 N–H and O–H groups in total. The lowest BCUT2D eigenvalue weighted by Crippen LogP contribution is -1.88. The predicted molar refractivity (Wildman–Crippen MR) is 108 cm³/mol. The molecule has 3 heterocycles. The molecule has 3 aromatic heterocycles. The van der Waals surface area contributed by atoms with Crippen LogP contribution in [-0.4, -0.2) is 37.5 Å². The summed E-state index contributed by atoms with van der Waals surface area (Å²) in [4.78, 5) is 11.9. The second-order valence-corrected chi connectivity index (χ2v) is 7.18. The molecule has 3 aromatic rings. The number of halogens is 4. The van der Waals surface area contributed by atoms with Crippen molar-refractivity contribution in [3.05, 3.63) is 48.0 Å². The van der Waals surface area contributed by atoms with Crippen LogP contribution in [0.15, 0.2) is 35.8 Å². The Labute approximate surface area is 169 Å². The Morgan fingerprint density at radius 3 is 2.61 bits per heavy atom. The standard InChI is InChI=1S/C7H6ClIN2O.C6H3ClIN3/c8-5-3-6(9)7(11-4-5)10-1-2-12;7-4-1-5(8)6-9-3-10-11(6)2-4/h1,3-4,12H,2H2;1-3H. The van der Waals surface area contributed by atoms with Gasteiger partial charge in [-0.05, 0) is 57.3 Å². The van der Waals surface area contributed by atoms with Gasteiger partial charge in [-0.2, -0.15) is 5.10 Å². The summed E-state index contributed by atoms with van der Waals surface area (Å²) in [6, 6.07) is 3.62. The van der Waals surface area contributed by atoms with Crippen LogP contribution in [0.1, 0.15) is 0 Å². The van der Waals surface area contributed by atoms with Crippen molar-refractivity contribution in [1.82, 2.24) is 19.6 Å². The van der Waals surface area contributed by atoms with Gasteiger partial charge in [0.05, 0.1) is 23.8 Å². The van der Waals surface area contributed by atoms with Crippen LogP contribution < -0.4 is 0 Å². The molecule has 6 nitrogen and oxygen atoms in total. The van der Waals surface area contributed by atoms with Gasteiger partial charge < -0.3 is 5.11 Å². The normalized spacial score (nSPS) is 10.8. The maximum atomic E-state index is 8.47. The molecule has 120 valence electrons. The van der Waals surface area contributed by atoms with Crippen LogP contribution in [0.5, 0.6) is 0 Å². The fraction of sp³-hybridized carbons (Fsp3) is 0.0769. The van der Waals surface area contributed by atoms with Crippen molar-refractivity contribution in [2.75, 3.05) is 6.61 Å². The monoisotopic (exact) mass is 575 g/mol.